The van der Waals surface area contributed by atoms with Gasteiger partial charge in [-0.3, -0.25) is 4.79 Å². The van der Waals surface area contributed by atoms with E-state index in [1.165, 1.54) is 12.5 Å². The predicted molar refractivity (Wildman–Crippen MR) is 61.7 cm³/mol. The molecule has 1 unspecified atom stereocenters. The van der Waals surface area contributed by atoms with Crippen LogP contribution in [0.5, 0.6) is 0 Å². The molecular formula is C10H14N2O2S. The standard InChI is InChI=1S/C10H14N2O2S/c1-2-3-8(9(11)15)12-10(13)7-4-5-14-6-7/h4-6,8H,2-3H2,1H3,(H2,11,15)(H,12,13). The van der Waals surface area contributed by atoms with Crippen LogP contribution in [0.3, 0.4) is 0 Å². The van der Waals surface area contributed by atoms with Gasteiger partial charge in [-0.25, -0.2) is 0 Å². The predicted octanol–water partition coefficient (Wildman–Crippen LogP) is 1.46. The molecule has 0 radical (unpaired) electrons. The molecule has 0 aliphatic carbocycles. The second kappa shape index (κ2) is 5.50. The van der Waals surface area contributed by atoms with Crippen LogP contribution in [0, 0.1) is 0 Å². The second-order valence-electron chi connectivity index (χ2n) is 3.23. The SMILES string of the molecule is CCCC(NC(=O)c1ccoc1)C(N)=S. The van der Waals surface area contributed by atoms with Crippen molar-refractivity contribution in [1.82, 2.24) is 5.32 Å². The van der Waals surface area contributed by atoms with Crippen molar-refractivity contribution in [3.05, 3.63) is 24.2 Å². The van der Waals surface area contributed by atoms with Gasteiger partial charge in [-0.05, 0) is 12.5 Å². The number of amides is 1. The number of furan rings is 1. The molecule has 1 aromatic rings. The van der Waals surface area contributed by atoms with Gasteiger partial charge < -0.3 is 15.5 Å². The largest absolute Gasteiger partial charge is 0.472 e. The van der Waals surface area contributed by atoms with Crippen molar-refractivity contribution >= 4 is 23.1 Å². The molecule has 0 aliphatic rings. The fourth-order valence-electron chi connectivity index (χ4n) is 1.21. The van der Waals surface area contributed by atoms with Gasteiger partial charge in [0, 0.05) is 0 Å². The van der Waals surface area contributed by atoms with E-state index >= 15 is 0 Å². The van der Waals surface area contributed by atoms with Crippen LogP contribution in [0.2, 0.25) is 0 Å². The number of nitrogens with one attached hydrogen (secondary N) is 1. The first-order valence-corrected chi connectivity index (χ1v) is 5.18. The first kappa shape index (κ1) is 11.7. The topological polar surface area (TPSA) is 68.3 Å². The number of nitrogens with two attached hydrogens (primary N) is 1. The van der Waals surface area contributed by atoms with Gasteiger partial charge in [0.15, 0.2) is 0 Å². The highest BCUT2D eigenvalue weighted by molar-refractivity contribution is 7.80. The molecule has 0 aliphatic heterocycles. The molecule has 4 nitrogen and oxygen atoms in total. The van der Waals surface area contributed by atoms with Crippen LogP contribution in [0.25, 0.3) is 0 Å². The average Bonchev–Trinajstić information content (AvgIpc) is 2.69. The monoisotopic (exact) mass is 226 g/mol. The minimum atomic E-state index is -0.243. The molecule has 1 atom stereocenters. The highest BCUT2D eigenvalue weighted by Crippen LogP contribution is 2.03. The Morgan fingerprint density at radius 1 is 1.73 bits per heavy atom. The van der Waals surface area contributed by atoms with Crippen LogP contribution in [-0.2, 0) is 0 Å². The van der Waals surface area contributed by atoms with E-state index in [0.29, 0.717) is 10.6 Å². The summed E-state index contributed by atoms with van der Waals surface area (Å²) in [5.41, 5.74) is 6.00. The molecule has 1 aromatic heterocycles. The number of rotatable bonds is 5. The highest BCUT2D eigenvalue weighted by atomic mass is 32.1. The maximum atomic E-state index is 11.6. The Morgan fingerprint density at radius 3 is 2.93 bits per heavy atom. The lowest BCUT2D eigenvalue weighted by Gasteiger charge is -2.15. The summed E-state index contributed by atoms with van der Waals surface area (Å²) in [6.45, 7) is 2.01. The molecule has 82 valence electrons. The van der Waals surface area contributed by atoms with Crippen LogP contribution in [0.1, 0.15) is 30.1 Å². The molecule has 1 rings (SSSR count). The zero-order chi connectivity index (χ0) is 11.3. The Hall–Kier alpha value is -1.36. The number of carbonyl (C=O) groups is 1. The lowest BCUT2D eigenvalue weighted by molar-refractivity contribution is 0.0945. The normalized spacial score (nSPS) is 12.1. The number of thiocarbonyl (C=S) groups is 1. The van der Waals surface area contributed by atoms with Crippen LogP contribution in [-0.4, -0.2) is 16.9 Å². The molecule has 5 heteroatoms. The smallest absolute Gasteiger partial charge is 0.255 e. The summed E-state index contributed by atoms with van der Waals surface area (Å²) in [5.74, 6) is -0.213. The van der Waals surface area contributed by atoms with Gasteiger partial charge in [-0.2, -0.15) is 0 Å². The summed E-state index contributed by atoms with van der Waals surface area (Å²) in [6.07, 6.45) is 4.50. The Labute approximate surface area is 93.8 Å². The summed E-state index contributed by atoms with van der Waals surface area (Å²) in [6, 6.07) is 1.35. The van der Waals surface area contributed by atoms with Gasteiger partial charge in [0.25, 0.3) is 5.91 Å². The van der Waals surface area contributed by atoms with E-state index in [9.17, 15) is 4.79 Å². The van der Waals surface area contributed by atoms with Gasteiger partial charge >= 0.3 is 0 Å². The Morgan fingerprint density at radius 2 is 2.47 bits per heavy atom. The number of carbonyl (C=O) groups excluding carboxylic acids is 1. The third-order valence-corrected chi connectivity index (χ3v) is 2.29. The lowest BCUT2D eigenvalue weighted by atomic mass is 10.1. The minimum Gasteiger partial charge on any atom is -0.472 e. The maximum Gasteiger partial charge on any atom is 0.255 e. The van der Waals surface area contributed by atoms with Crippen molar-refractivity contribution in [2.45, 2.75) is 25.8 Å². The van der Waals surface area contributed by atoms with Gasteiger partial charge in [-0.1, -0.05) is 25.6 Å². The van der Waals surface area contributed by atoms with E-state index < -0.39 is 0 Å². The molecule has 0 bridgehead atoms. The van der Waals surface area contributed by atoms with Gasteiger partial charge in [0.1, 0.15) is 6.26 Å². The molecule has 3 N–H and O–H groups in total. The first-order valence-electron chi connectivity index (χ1n) is 4.77. The third kappa shape index (κ3) is 3.36. The van der Waals surface area contributed by atoms with Crippen molar-refractivity contribution in [1.29, 1.82) is 0 Å². The Bertz CT molecular complexity index is 335. The van der Waals surface area contributed by atoms with Crippen molar-refractivity contribution in [2.75, 3.05) is 0 Å². The average molecular weight is 226 g/mol. The zero-order valence-corrected chi connectivity index (χ0v) is 9.34. The molecule has 0 fully saturated rings. The minimum absolute atomic E-state index is 0.213. The molecule has 0 spiro atoms. The van der Waals surface area contributed by atoms with E-state index in [-0.39, 0.29) is 11.9 Å². The summed E-state index contributed by atoms with van der Waals surface area (Å²) in [7, 11) is 0. The Kier molecular flexibility index (Phi) is 4.30. The summed E-state index contributed by atoms with van der Waals surface area (Å²) >= 11 is 4.87. The Balaban J connectivity index is 2.59. The molecule has 15 heavy (non-hydrogen) atoms. The maximum absolute atomic E-state index is 11.6. The summed E-state index contributed by atoms with van der Waals surface area (Å²) in [5, 5.41) is 2.75. The van der Waals surface area contributed by atoms with E-state index in [2.05, 4.69) is 5.32 Å². The first-order chi connectivity index (χ1) is 7.15. The van der Waals surface area contributed by atoms with Gasteiger partial charge in [0.2, 0.25) is 0 Å². The van der Waals surface area contributed by atoms with Crippen molar-refractivity contribution in [2.24, 2.45) is 5.73 Å². The van der Waals surface area contributed by atoms with E-state index in [1.54, 1.807) is 6.07 Å². The van der Waals surface area contributed by atoms with Gasteiger partial charge in [-0.15, -0.1) is 0 Å². The lowest BCUT2D eigenvalue weighted by Crippen LogP contribution is -2.43. The fourth-order valence-corrected chi connectivity index (χ4v) is 1.39. The van der Waals surface area contributed by atoms with Crippen LogP contribution in [0.4, 0.5) is 0 Å². The van der Waals surface area contributed by atoms with Gasteiger partial charge in [0.05, 0.1) is 22.9 Å². The summed E-state index contributed by atoms with van der Waals surface area (Å²) < 4.78 is 4.81. The van der Waals surface area contributed by atoms with Crippen LogP contribution in [0.15, 0.2) is 23.0 Å². The van der Waals surface area contributed by atoms with E-state index in [0.717, 1.165) is 12.8 Å². The molecule has 1 heterocycles. The number of hydrogen-bond acceptors (Lipinski definition) is 3. The quantitative estimate of drug-likeness (QED) is 0.746. The third-order valence-electron chi connectivity index (χ3n) is 2.01. The van der Waals surface area contributed by atoms with Crippen molar-refractivity contribution < 1.29 is 9.21 Å². The van der Waals surface area contributed by atoms with E-state index in [1.807, 2.05) is 6.92 Å². The van der Waals surface area contributed by atoms with Crippen molar-refractivity contribution in [3.63, 3.8) is 0 Å². The van der Waals surface area contributed by atoms with Crippen molar-refractivity contribution in [3.8, 4) is 0 Å². The fraction of sp³-hybridized carbons (Fsp3) is 0.400. The molecule has 0 aromatic carbocycles. The van der Waals surface area contributed by atoms with E-state index in [4.69, 9.17) is 22.4 Å². The zero-order valence-electron chi connectivity index (χ0n) is 8.53. The highest BCUT2D eigenvalue weighted by Gasteiger charge is 2.15. The number of hydrogen-bond donors (Lipinski definition) is 2. The molecule has 0 saturated carbocycles. The van der Waals surface area contributed by atoms with Crippen LogP contribution >= 0.6 is 12.2 Å². The van der Waals surface area contributed by atoms with Crippen LogP contribution < -0.4 is 11.1 Å². The molecule has 0 saturated heterocycles. The summed E-state index contributed by atoms with van der Waals surface area (Å²) in [4.78, 5) is 11.9. The molecule has 1 amide bonds. The molecular weight excluding hydrogens is 212 g/mol. The second-order valence-corrected chi connectivity index (χ2v) is 3.70.